The molecule has 0 saturated carbocycles. The molecule has 0 spiro atoms. The molecule has 1 rings (SSSR count). The molecule has 1 heterocycles. The first-order valence-electron chi connectivity index (χ1n) is 5.84. The summed E-state index contributed by atoms with van der Waals surface area (Å²) >= 11 is 0. The van der Waals surface area contributed by atoms with Gasteiger partial charge in [-0.05, 0) is 10.8 Å². The van der Waals surface area contributed by atoms with E-state index in [-0.39, 0.29) is 10.8 Å². The highest BCUT2D eigenvalue weighted by atomic mass is 32.2. The van der Waals surface area contributed by atoms with E-state index in [4.69, 9.17) is 0 Å². The minimum atomic E-state index is -0.656. The molecule has 1 N–H and O–H groups in total. The molecular formula is C14H25OS+. The van der Waals surface area contributed by atoms with Crippen LogP contribution in [0.1, 0.15) is 62.4 Å². The van der Waals surface area contributed by atoms with E-state index in [2.05, 4.69) is 55.4 Å². The first-order chi connectivity index (χ1) is 6.98. The summed E-state index contributed by atoms with van der Waals surface area (Å²) < 4.78 is 10.2. The molecule has 0 aliphatic rings. The third kappa shape index (κ3) is 2.18. The van der Waals surface area contributed by atoms with Crippen molar-refractivity contribution in [2.24, 2.45) is 0 Å². The van der Waals surface area contributed by atoms with Crippen LogP contribution in [0.25, 0.3) is 0 Å². The lowest BCUT2D eigenvalue weighted by molar-refractivity contribution is 0.530. The van der Waals surface area contributed by atoms with Crippen molar-refractivity contribution >= 4 is 10.8 Å². The van der Waals surface area contributed by atoms with Crippen LogP contribution in [0.4, 0.5) is 0 Å². The summed E-state index contributed by atoms with van der Waals surface area (Å²) in [5.41, 5.74) is 2.95. The van der Waals surface area contributed by atoms with Gasteiger partial charge in [0.1, 0.15) is 10.8 Å². The van der Waals surface area contributed by atoms with Crippen LogP contribution in [0.3, 0.4) is 0 Å². The molecular weight excluding hydrogens is 216 g/mol. The monoisotopic (exact) mass is 241 g/mol. The lowest BCUT2D eigenvalue weighted by Crippen LogP contribution is -2.21. The minimum Gasteiger partial charge on any atom is -0.164 e. The van der Waals surface area contributed by atoms with E-state index in [0.29, 0.717) is 0 Å². The van der Waals surface area contributed by atoms with Crippen molar-refractivity contribution in [3.8, 4) is 0 Å². The highest BCUT2D eigenvalue weighted by Crippen LogP contribution is 2.46. The van der Waals surface area contributed by atoms with Gasteiger partial charge in [0.05, 0.1) is 0 Å². The second-order valence-electron chi connectivity index (χ2n) is 6.65. The Bertz CT molecular complexity index is 362. The Balaban J connectivity index is 3.66. The van der Waals surface area contributed by atoms with Crippen LogP contribution in [0, 0.1) is 13.8 Å². The molecule has 0 aliphatic carbocycles. The molecule has 1 aromatic heterocycles. The van der Waals surface area contributed by atoms with Crippen LogP contribution in [0.5, 0.6) is 0 Å². The van der Waals surface area contributed by atoms with Crippen molar-refractivity contribution in [1.29, 1.82) is 0 Å². The summed E-state index contributed by atoms with van der Waals surface area (Å²) in [6.45, 7) is 17.5. The van der Waals surface area contributed by atoms with Gasteiger partial charge in [-0.15, -0.1) is 0 Å². The molecule has 0 amide bonds. The molecule has 92 valence electrons. The molecule has 0 atom stereocenters. The van der Waals surface area contributed by atoms with E-state index in [1.165, 1.54) is 11.1 Å². The van der Waals surface area contributed by atoms with E-state index >= 15 is 0 Å². The Morgan fingerprint density at radius 2 is 1.00 bits per heavy atom. The third-order valence-corrected chi connectivity index (χ3v) is 4.60. The Morgan fingerprint density at radius 1 is 0.750 bits per heavy atom. The average molecular weight is 241 g/mol. The highest BCUT2D eigenvalue weighted by molar-refractivity contribution is 7.25. The smallest absolute Gasteiger partial charge is 0.164 e. The maximum absolute atomic E-state index is 10.2. The van der Waals surface area contributed by atoms with Gasteiger partial charge in [-0.1, -0.05) is 41.5 Å². The van der Waals surface area contributed by atoms with Gasteiger partial charge in [0, 0.05) is 25.0 Å². The first-order valence-corrected chi connectivity index (χ1v) is 7.02. The second-order valence-corrected chi connectivity index (χ2v) is 8.44. The molecule has 0 bridgehead atoms. The predicted octanol–water partition coefficient (Wildman–Crippen LogP) is 4.78. The summed E-state index contributed by atoms with van der Waals surface area (Å²) in [6.07, 6.45) is 0. The normalized spacial score (nSPS) is 13.3. The quantitative estimate of drug-likeness (QED) is 0.648. The largest absolute Gasteiger partial charge is 0.188 e. The van der Waals surface area contributed by atoms with Gasteiger partial charge >= 0.3 is 0 Å². The van der Waals surface area contributed by atoms with E-state index in [1.54, 1.807) is 0 Å². The van der Waals surface area contributed by atoms with Gasteiger partial charge in [-0.3, -0.25) is 0 Å². The maximum Gasteiger partial charge on any atom is 0.188 e. The van der Waals surface area contributed by atoms with Crippen molar-refractivity contribution in [2.45, 2.75) is 66.2 Å². The van der Waals surface area contributed by atoms with E-state index in [1.807, 2.05) is 0 Å². The number of rotatable bonds is 0. The van der Waals surface area contributed by atoms with Crippen LogP contribution < -0.4 is 0 Å². The van der Waals surface area contributed by atoms with Crippen LogP contribution in [-0.2, 0) is 10.8 Å². The fourth-order valence-electron chi connectivity index (χ4n) is 2.58. The number of hydrogen-bond donors (Lipinski definition) is 1. The molecule has 1 nitrogen and oxygen atoms in total. The van der Waals surface area contributed by atoms with Gasteiger partial charge < -0.3 is 0 Å². The van der Waals surface area contributed by atoms with E-state index in [0.717, 1.165) is 9.75 Å². The molecule has 0 saturated heterocycles. The van der Waals surface area contributed by atoms with Crippen molar-refractivity contribution in [3.05, 3.63) is 20.9 Å². The van der Waals surface area contributed by atoms with E-state index < -0.39 is 10.8 Å². The summed E-state index contributed by atoms with van der Waals surface area (Å²) in [6, 6.07) is 0. The van der Waals surface area contributed by atoms with Gasteiger partial charge in [0.25, 0.3) is 0 Å². The lowest BCUT2D eigenvalue weighted by Gasteiger charge is -2.25. The zero-order chi connectivity index (χ0) is 12.9. The van der Waals surface area contributed by atoms with Crippen LogP contribution in [0.2, 0.25) is 0 Å². The van der Waals surface area contributed by atoms with Gasteiger partial charge in [-0.2, -0.15) is 4.55 Å². The molecule has 1 aromatic rings. The van der Waals surface area contributed by atoms with Crippen LogP contribution >= 0.6 is 10.8 Å². The van der Waals surface area contributed by atoms with Crippen LogP contribution in [0.15, 0.2) is 0 Å². The number of hydrogen-bond acceptors (Lipinski definition) is 1. The molecule has 0 radical (unpaired) electrons. The zero-order valence-electron chi connectivity index (χ0n) is 11.9. The second kappa shape index (κ2) is 3.85. The topological polar surface area (TPSA) is 20.2 Å². The Hall–Kier alpha value is -0.340. The van der Waals surface area contributed by atoms with Crippen molar-refractivity contribution < 1.29 is 4.55 Å². The SMILES string of the molecule is Cc1c(C(C)(C)C)c(C(C)(C)C)c(C)[s+]1O. The zero-order valence-corrected chi connectivity index (χ0v) is 12.7. The molecule has 2 heteroatoms. The van der Waals surface area contributed by atoms with Crippen molar-refractivity contribution in [1.82, 2.24) is 0 Å². The first kappa shape index (κ1) is 13.7. The summed E-state index contributed by atoms with van der Waals surface area (Å²) in [7, 11) is -0.656. The third-order valence-electron chi connectivity index (χ3n) is 3.03. The summed E-state index contributed by atoms with van der Waals surface area (Å²) in [5, 5.41) is 0. The van der Waals surface area contributed by atoms with Crippen LogP contribution in [-0.4, -0.2) is 4.55 Å². The Labute approximate surface area is 103 Å². The van der Waals surface area contributed by atoms with Gasteiger partial charge in [0.15, 0.2) is 9.75 Å². The van der Waals surface area contributed by atoms with E-state index in [9.17, 15) is 4.55 Å². The molecule has 0 unspecified atom stereocenters. The van der Waals surface area contributed by atoms with Crippen molar-refractivity contribution in [2.75, 3.05) is 0 Å². The summed E-state index contributed by atoms with van der Waals surface area (Å²) in [5.74, 6) is 0. The summed E-state index contributed by atoms with van der Waals surface area (Å²) in [4.78, 5) is 2.32. The maximum atomic E-state index is 10.2. The lowest BCUT2D eigenvalue weighted by atomic mass is 9.75. The molecule has 16 heavy (non-hydrogen) atoms. The highest BCUT2D eigenvalue weighted by Gasteiger charge is 2.38. The molecule has 0 fully saturated rings. The van der Waals surface area contributed by atoms with Gasteiger partial charge in [0.2, 0.25) is 0 Å². The minimum absolute atomic E-state index is 0.110. The Morgan fingerprint density at radius 3 is 1.19 bits per heavy atom. The standard InChI is InChI=1S/C14H25OS/c1-9-11(13(3,4)5)12(14(6,7)8)10(2)16(9)15/h15H,1-8H3/q+1. The number of thiophene rings is 1. The molecule has 0 aromatic carbocycles. The predicted molar refractivity (Wildman–Crippen MR) is 73.1 cm³/mol. The fraction of sp³-hybridized carbons (Fsp3) is 0.714. The molecule has 0 aliphatic heterocycles. The Kier molecular flexibility index (Phi) is 3.30. The van der Waals surface area contributed by atoms with Gasteiger partial charge in [-0.25, -0.2) is 0 Å². The van der Waals surface area contributed by atoms with Crippen molar-refractivity contribution in [3.63, 3.8) is 0 Å². The average Bonchev–Trinajstić information content (AvgIpc) is 2.27. The fourth-order valence-corrected chi connectivity index (χ4v) is 4.24.